The van der Waals surface area contributed by atoms with Gasteiger partial charge < -0.3 is 10.0 Å². The molecule has 0 amide bonds. The van der Waals surface area contributed by atoms with E-state index in [4.69, 9.17) is 5.11 Å². The SMILES string of the molecule is CCc1cc(N(C)C)ccc1C(=O)O.Cc1ccc(Sc2ccc(C(=O)c3ccccc3)cc2)cc1. The number of hydrogen-bond donors (Lipinski definition) is 1. The molecule has 4 nitrogen and oxygen atoms in total. The summed E-state index contributed by atoms with van der Waals surface area (Å²) in [6.45, 7) is 4.04. The molecule has 0 saturated heterocycles. The Labute approximate surface area is 217 Å². The van der Waals surface area contributed by atoms with Crippen LogP contribution in [0.5, 0.6) is 0 Å². The largest absolute Gasteiger partial charge is 0.478 e. The zero-order valence-electron chi connectivity index (χ0n) is 21.1. The van der Waals surface area contributed by atoms with E-state index < -0.39 is 5.97 Å². The third kappa shape index (κ3) is 7.33. The van der Waals surface area contributed by atoms with Gasteiger partial charge in [-0.05, 0) is 73.5 Å². The number of benzene rings is 4. The zero-order chi connectivity index (χ0) is 26.1. The van der Waals surface area contributed by atoms with Crippen LogP contribution in [0.15, 0.2) is 107 Å². The number of aromatic carboxylic acids is 1. The Balaban J connectivity index is 0.000000223. The second-order valence-corrected chi connectivity index (χ2v) is 9.68. The highest BCUT2D eigenvalue weighted by Crippen LogP contribution is 2.28. The number of rotatable bonds is 7. The van der Waals surface area contributed by atoms with E-state index in [1.807, 2.05) is 92.6 Å². The number of aryl methyl sites for hydroxylation is 2. The first kappa shape index (κ1) is 26.8. The molecule has 0 saturated carbocycles. The highest BCUT2D eigenvalue weighted by Gasteiger charge is 2.10. The number of carboxylic acids is 1. The van der Waals surface area contributed by atoms with E-state index in [9.17, 15) is 9.59 Å². The Morgan fingerprint density at radius 1 is 0.778 bits per heavy atom. The van der Waals surface area contributed by atoms with Gasteiger partial charge in [-0.2, -0.15) is 0 Å². The molecule has 0 bridgehead atoms. The van der Waals surface area contributed by atoms with E-state index >= 15 is 0 Å². The van der Waals surface area contributed by atoms with E-state index in [1.165, 1.54) is 10.5 Å². The molecule has 36 heavy (non-hydrogen) atoms. The predicted octanol–water partition coefficient (Wildman–Crippen LogP) is 7.39. The summed E-state index contributed by atoms with van der Waals surface area (Å²) in [5.41, 5.74) is 5.02. The molecule has 0 aliphatic heterocycles. The average Bonchev–Trinajstić information content (AvgIpc) is 2.90. The van der Waals surface area contributed by atoms with Crippen LogP contribution < -0.4 is 4.90 Å². The summed E-state index contributed by atoms with van der Waals surface area (Å²) in [5.74, 6) is -0.792. The number of ketones is 1. The van der Waals surface area contributed by atoms with Crippen LogP contribution in [0.25, 0.3) is 0 Å². The van der Waals surface area contributed by atoms with E-state index in [2.05, 4.69) is 31.2 Å². The van der Waals surface area contributed by atoms with Crippen molar-refractivity contribution in [2.75, 3.05) is 19.0 Å². The van der Waals surface area contributed by atoms with Crippen molar-refractivity contribution in [2.45, 2.75) is 30.1 Å². The van der Waals surface area contributed by atoms with Crippen molar-refractivity contribution in [3.63, 3.8) is 0 Å². The average molecular weight is 498 g/mol. The quantitative estimate of drug-likeness (QED) is 0.270. The molecule has 0 atom stereocenters. The molecule has 0 aliphatic carbocycles. The Morgan fingerprint density at radius 2 is 1.33 bits per heavy atom. The Hall–Kier alpha value is -3.83. The highest BCUT2D eigenvalue weighted by molar-refractivity contribution is 7.99. The molecule has 0 spiro atoms. The summed E-state index contributed by atoms with van der Waals surface area (Å²) in [7, 11) is 3.88. The van der Waals surface area contributed by atoms with Crippen LogP contribution in [0, 0.1) is 6.92 Å². The fraction of sp³-hybridized carbons (Fsp3) is 0.161. The van der Waals surface area contributed by atoms with Crippen LogP contribution in [0.2, 0.25) is 0 Å². The first-order valence-electron chi connectivity index (χ1n) is 11.8. The maximum absolute atomic E-state index is 12.3. The van der Waals surface area contributed by atoms with Crippen LogP contribution >= 0.6 is 11.8 Å². The normalized spacial score (nSPS) is 10.2. The molecule has 4 aromatic carbocycles. The van der Waals surface area contributed by atoms with Crippen LogP contribution in [-0.4, -0.2) is 31.0 Å². The minimum Gasteiger partial charge on any atom is -0.478 e. The van der Waals surface area contributed by atoms with Gasteiger partial charge in [-0.15, -0.1) is 0 Å². The van der Waals surface area contributed by atoms with E-state index in [0.717, 1.165) is 33.7 Å². The van der Waals surface area contributed by atoms with Crippen molar-refractivity contribution in [3.05, 3.63) is 125 Å². The molecule has 4 aromatic rings. The summed E-state index contributed by atoms with van der Waals surface area (Å²) in [5, 5.41) is 8.91. The lowest BCUT2D eigenvalue weighted by molar-refractivity contribution is 0.0695. The number of anilines is 1. The van der Waals surface area contributed by atoms with Crippen molar-refractivity contribution in [3.8, 4) is 0 Å². The van der Waals surface area contributed by atoms with E-state index in [1.54, 1.807) is 17.8 Å². The molecule has 0 heterocycles. The van der Waals surface area contributed by atoms with Gasteiger partial charge in [0.1, 0.15) is 0 Å². The Bertz CT molecular complexity index is 1300. The molecule has 1 N–H and O–H groups in total. The Kier molecular flexibility index (Phi) is 9.48. The maximum Gasteiger partial charge on any atom is 0.335 e. The van der Waals surface area contributed by atoms with Gasteiger partial charge in [0.05, 0.1) is 5.56 Å². The number of carbonyl (C=O) groups is 2. The number of hydrogen-bond acceptors (Lipinski definition) is 4. The van der Waals surface area contributed by atoms with Gasteiger partial charge in [0.2, 0.25) is 0 Å². The topological polar surface area (TPSA) is 57.6 Å². The molecule has 0 aromatic heterocycles. The summed E-state index contributed by atoms with van der Waals surface area (Å²) in [6, 6.07) is 31.0. The van der Waals surface area contributed by atoms with Crippen LogP contribution in [0.1, 0.15) is 44.3 Å². The molecule has 0 aliphatic rings. The molecule has 0 unspecified atom stereocenters. The molecular weight excluding hydrogens is 466 g/mol. The third-order valence-electron chi connectivity index (χ3n) is 5.63. The second-order valence-electron chi connectivity index (χ2n) is 8.53. The standard InChI is InChI=1S/C20H16OS.C11H15NO2/c1-15-7-11-18(12-8-15)22-19-13-9-17(10-14-19)20(21)16-5-3-2-4-6-16;1-4-8-7-9(12(2)3)5-6-10(8)11(13)14/h2-14H,1H3;5-7H,4H2,1-3H3,(H,13,14). The number of nitrogens with zero attached hydrogens (tertiary/aromatic N) is 1. The molecule has 4 rings (SSSR count). The van der Waals surface area contributed by atoms with Crippen LogP contribution in [-0.2, 0) is 6.42 Å². The predicted molar refractivity (Wildman–Crippen MR) is 149 cm³/mol. The van der Waals surface area contributed by atoms with Gasteiger partial charge >= 0.3 is 5.97 Å². The van der Waals surface area contributed by atoms with Gasteiger partial charge in [0.25, 0.3) is 0 Å². The van der Waals surface area contributed by atoms with Crippen LogP contribution in [0.3, 0.4) is 0 Å². The molecule has 0 fully saturated rings. The lowest BCUT2D eigenvalue weighted by Crippen LogP contribution is -2.10. The highest BCUT2D eigenvalue weighted by atomic mass is 32.2. The van der Waals surface area contributed by atoms with Crippen molar-refractivity contribution in [2.24, 2.45) is 0 Å². The van der Waals surface area contributed by atoms with Gasteiger partial charge in [-0.25, -0.2) is 4.79 Å². The number of carbonyl (C=O) groups excluding carboxylic acids is 1. The van der Waals surface area contributed by atoms with Gasteiger partial charge in [-0.1, -0.05) is 66.7 Å². The number of carboxylic acid groups (broad SMARTS) is 1. The second kappa shape index (κ2) is 12.8. The van der Waals surface area contributed by atoms with E-state index in [0.29, 0.717) is 5.56 Å². The lowest BCUT2D eigenvalue weighted by atomic mass is 10.0. The zero-order valence-corrected chi connectivity index (χ0v) is 21.9. The summed E-state index contributed by atoms with van der Waals surface area (Å²) >= 11 is 1.70. The monoisotopic (exact) mass is 497 g/mol. The fourth-order valence-corrected chi connectivity index (χ4v) is 4.35. The Morgan fingerprint density at radius 3 is 1.86 bits per heavy atom. The van der Waals surface area contributed by atoms with Crippen molar-refractivity contribution in [1.82, 2.24) is 0 Å². The molecule has 0 radical (unpaired) electrons. The van der Waals surface area contributed by atoms with Crippen molar-refractivity contribution in [1.29, 1.82) is 0 Å². The van der Waals surface area contributed by atoms with Crippen molar-refractivity contribution < 1.29 is 14.7 Å². The molecule has 5 heteroatoms. The minimum absolute atomic E-state index is 0.0625. The van der Waals surface area contributed by atoms with Gasteiger partial charge in [-0.3, -0.25) is 4.79 Å². The third-order valence-corrected chi connectivity index (χ3v) is 6.64. The maximum atomic E-state index is 12.3. The van der Waals surface area contributed by atoms with E-state index in [-0.39, 0.29) is 5.78 Å². The smallest absolute Gasteiger partial charge is 0.335 e. The van der Waals surface area contributed by atoms with Gasteiger partial charge in [0.15, 0.2) is 5.78 Å². The minimum atomic E-state index is -0.854. The molecule has 184 valence electrons. The molecular formula is C31H31NO3S. The first-order chi connectivity index (χ1) is 17.3. The summed E-state index contributed by atoms with van der Waals surface area (Å²) < 4.78 is 0. The van der Waals surface area contributed by atoms with Gasteiger partial charge in [0, 0.05) is 40.7 Å². The van der Waals surface area contributed by atoms with Crippen molar-refractivity contribution >= 4 is 29.2 Å². The lowest BCUT2D eigenvalue weighted by Gasteiger charge is -2.14. The fourth-order valence-electron chi connectivity index (χ4n) is 3.53. The summed E-state index contributed by atoms with van der Waals surface area (Å²) in [4.78, 5) is 27.5. The first-order valence-corrected chi connectivity index (χ1v) is 12.6. The summed E-state index contributed by atoms with van der Waals surface area (Å²) in [6.07, 6.45) is 0.739. The van der Waals surface area contributed by atoms with Crippen LogP contribution in [0.4, 0.5) is 5.69 Å².